The van der Waals surface area contributed by atoms with Crippen LogP contribution in [0.3, 0.4) is 0 Å². The average Bonchev–Trinajstić information content (AvgIpc) is 2.49. The normalized spacial score (nSPS) is 12.8. The lowest BCUT2D eigenvalue weighted by Gasteiger charge is -2.19. The second kappa shape index (κ2) is 11.0. The fourth-order valence-electron chi connectivity index (χ4n) is 1.07. The zero-order valence-electron chi connectivity index (χ0n) is 12.4. The Labute approximate surface area is 127 Å². The van der Waals surface area contributed by atoms with E-state index in [0.29, 0.717) is 11.4 Å². The maximum absolute atomic E-state index is 12.1. The van der Waals surface area contributed by atoms with Crippen LogP contribution in [0.15, 0.2) is 0 Å². The van der Waals surface area contributed by atoms with Crippen molar-refractivity contribution < 1.29 is 32.9 Å². The molecule has 0 spiro atoms. The van der Waals surface area contributed by atoms with Gasteiger partial charge in [-0.1, -0.05) is 0 Å². The second-order valence-corrected chi connectivity index (χ2v) is 7.85. The Kier molecular flexibility index (Phi) is 10.7. The predicted octanol–water partition coefficient (Wildman–Crippen LogP) is 1.01. The molecule has 0 aliphatic heterocycles. The van der Waals surface area contributed by atoms with Gasteiger partial charge in [0.15, 0.2) is 0 Å². The molecular weight excluding hydrogens is 323 g/mol. The Hall–Kier alpha value is -0.640. The van der Waals surface area contributed by atoms with Gasteiger partial charge in [-0.2, -0.15) is 0 Å². The van der Waals surface area contributed by atoms with Crippen LogP contribution in [0.2, 0.25) is 0 Å². The molecule has 0 aromatic rings. The quantitative estimate of drug-likeness (QED) is 0.422. The third kappa shape index (κ3) is 8.40. The molecule has 9 nitrogen and oxygen atoms in total. The summed E-state index contributed by atoms with van der Waals surface area (Å²) >= 11 is 0.615. The van der Waals surface area contributed by atoms with Crippen LogP contribution in [-0.2, 0) is 32.9 Å². The van der Waals surface area contributed by atoms with Crippen molar-refractivity contribution in [3.63, 3.8) is 0 Å². The van der Waals surface area contributed by atoms with Crippen LogP contribution in [0.5, 0.6) is 0 Å². The number of hydrogen-bond donors (Lipinski definition) is 2. The molecule has 0 heterocycles. The maximum Gasteiger partial charge on any atom is 0.389 e. The monoisotopic (exact) mass is 344 g/mol. The molecule has 0 saturated heterocycles. The van der Waals surface area contributed by atoms with Crippen molar-refractivity contribution in [1.29, 1.82) is 0 Å². The van der Waals surface area contributed by atoms with E-state index in [1.165, 1.54) is 14.2 Å². The van der Waals surface area contributed by atoms with Gasteiger partial charge in [-0.15, -0.1) is 0 Å². The minimum atomic E-state index is -3.53. The fraction of sp³-hybridized carbons (Fsp3) is 0.800. The number of nitrogens with one attached hydrogen (secondary N) is 2. The fourth-order valence-corrected chi connectivity index (χ4v) is 4.03. The average molecular weight is 344 g/mol. The van der Waals surface area contributed by atoms with E-state index in [1.807, 2.05) is 0 Å². The number of carbonyl (C=O) groups excluding carboxylic acids is 2. The predicted molar refractivity (Wildman–Crippen MR) is 77.2 cm³/mol. The summed E-state index contributed by atoms with van der Waals surface area (Å²) < 4.78 is 21.6. The minimum absolute atomic E-state index is 0.250. The summed E-state index contributed by atoms with van der Waals surface area (Å²) in [4.78, 5) is 33.0. The molecule has 0 saturated carbocycles. The molecule has 0 aromatic heterocycles. The number of hydroxylamine groups is 2. The van der Waals surface area contributed by atoms with E-state index >= 15 is 0 Å². The van der Waals surface area contributed by atoms with Gasteiger partial charge in [0.25, 0.3) is 5.91 Å². The highest BCUT2D eigenvalue weighted by Gasteiger charge is 2.34. The first-order chi connectivity index (χ1) is 9.92. The number of rotatable bonds is 11. The van der Waals surface area contributed by atoms with E-state index < -0.39 is 23.9 Å². The Morgan fingerprint density at radius 2 is 1.62 bits per heavy atom. The van der Waals surface area contributed by atoms with Crippen LogP contribution in [0.4, 0.5) is 0 Å². The van der Waals surface area contributed by atoms with Crippen LogP contribution in [0, 0.1) is 0 Å². The third-order valence-corrected chi connectivity index (χ3v) is 6.23. The lowest BCUT2D eigenvalue weighted by atomic mass is 10.3. The Balaban J connectivity index is 4.79. The van der Waals surface area contributed by atoms with Crippen molar-refractivity contribution in [2.45, 2.75) is 25.5 Å². The van der Waals surface area contributed by atoms with E-state index in [-0.39, 0.29) is 19.6 Å². The zero-order valence-corrected chi connectivity index (χ0v) is 14.1. The second-order valence-electron chi connectivity index (χ2n) is 3.47. The summed E-state index contributed by atoms with van der Waals surface area (Å²) in [6.45, 7) is 0.378. The van der Waals surface area contributed by atoms with Gasteiger partial charge in [-0.25, -0.2) is 15.5 Å². The van der Waals surface area contributed by atoms with Crippen molar-refractivity contribution in [2.24, 2.45) is 0 Å². The molecule has 2 N–H and O–H groups in total. The molecule has 124 valence electrons. The molecule has 0 aromatic carbocycles. The molecule has 0 rings (SSSR count). The van der Waals surface area contributed by atoms with Crippen LogP contribution < -0.4 is 11.0 Å². The Bertz CT molecular complexity index is 374. The number of carbonyl (C=O) groups is 2. The van der Waals surface area contributed by atoms with Gasteiger partial charge in [0.1, 0.15) is 5.25 Å². The van der Waals surface area contributed by atoms with Crippen molar-refractivity contribution in [3.8, 4) is 0 Å². The molecular formula is C10H21N2O7PS. The lowest BCUT2D eigenvalue weighted by Crippen LogP contribution is -2.37. The molecule has 2 amide bonds. The van der Waals surface area contributed by atoms with Gasteiger partial charge in [-0.3, -0.25) is 19.3 Å². The van der Waals surface area contributed by atoms with Gasteiger partial charge in [-0.05, 0) is 25.2 Å². The third-order valence-electron chi connectivity index (χ3n) is 2.01. The molecule has 11 heteroatoms. The topological polar surface area (TPSA) is 112 Å². The summed E-state index contributed by atoms with van der Waals surface area (Å²) in [5, 5.41) is -1.03. The number of hydrogen-bond acceptors (Lipinski definition) is 8. The van der Waals surface area contributed by atoms with Gasteiger partial charge in [0.05, 0.1) is 19.6 Å². The van der Waals surface area contributed by atoms with E-state index in [1.54, 1.807) is 13.8 Å². The highest BCUT2D eigenvalue weighted by Crippen LogP contribution is 2.61. The van der Waals surface area contributed by atoms with E-state index in [0.717, 1.165) is 0 Å². The Morgan fingerprint density at radius 3 is 2.10 bits per heavy atom. The van der Waals surface area contributed by atoms with Crippen LogP contribution >= 0.6 is 18.2 Å². The lowest BCUT2D eigenvalue weighted by molar-refractivity contribution is -0.138. The summed E-state index contributed by atoms with van der Waals surface area (Å²) in [5.74, 6) is -1.16. The van der Waals surface area contributed by atoms with E-state index in [9.17, 15) is 14.2 Å². The van der Waals surface area contributed by atoms with E-state index in [2.05, 4.69) is 11.0 Å². The Morgan fingerprint density at radius 1 is 1.10 bits per heavy atom. The largest absolute Gasteiger partial charge is 0.389 e. The SMILES string of the molecule is CCONC(=O)C[C@H](SP(=O)(OC)OC)C(=O)NOCC. The maximum atomic E-state index is 12.1. The van der Waals surface area contributed by atoms with Crippen molar-refractivity contribution in [3.05, 3.63) is 0 Å². The summed E-state index contributed by atoms with van der Waals surface area (Å²) in [6.07, 6.45) is -0.277. The molecule has 0 bridgehead atoms. The van der Waals surface area contributed by atoms with Gasteiger partial charge >= 0.3 is 6.80 Å². The summed E-state index contributed by atoms with van der Waals surface area (Å²) in [5.41, 5.74) is 4.30. The van der Waals surface area contributed by atoms with Crippen LogP contribution in [-0.4, -0.2) is 44.5 Å². The van der Waals surface area contributed by atoms with Gasteiger partial charge in [0, 0.05) is 14.2 Å². The van der Waals surface area contributed by atoms with Crippen molar-refractivity contribution >= 4 is 30.0 Å². The molecule has 0 aliphatic rings. The first kappa shape index (κ1) is 20.4. The van der Waals surface area contributed by atoms with Crippen LogP contribution in [0.25, 0.3) is 0 Å². The summed E-state index contributed by atoms with van der Waals surface area (Å²) in [7, 11) is 2.38. The minimum Gasteiger partial charge on any atom is -0.304 e. The smallest absolute Gasteiger partial charge is 0.304 e. The van der Waals surface area contributed by atoms with Crippen molar-refractivity contribution in [2.75, 3.05) is 27.4 Å². The number of amides is 2. The summed E-state index contributed by atoms with van der Waals surface area (Å²) in [6, 6.07) is 0. The molecule has 21 heavy (non-hydrogen) atoms. The first-order valence-electron chi connectivity index (χ1n) is 6.14. The standard InChI is InChI=1S/C10H21N2O7PS/c1-5-18-11-9(13)7-8(10(14)12-19-6-2)21-20(15,16-3)17-4/h8H,5-7H2,1-4H3,(H,11,13)(H,12,14)/t8-/m0/s1. The van der Waals surface area contributed by atoms with Crippen molar-refractivity contribution in [1.82, 2.24) is 11.0 Å². The highest BCUT2D eigenvalue weighted by atomic mass is 32.7. The van der Waals surface area contributed by atoms with E-state index in [4.69, 9.17) is 18.7 Å². The van der Waals surface area contributed by atoms with Crippen LogP contribution in [0.1, 0.15) is 20.3 Å². The van der Waals surface area contributed by atoms with Gasteiger partial charge < -0.3 is 9.05 Å². The first-order valence-corrected chi connectivity index (χ1v) is 9.17. The molecule has 0 unspecified atom stereocenters. The zero-order chi connectivity index (χ0) is 16.3. The molecule has 0 radical (unpaired) electrons. The van der Waals surface area contributed by atoms with Gasteiger partial charge in [0.2, 0.25) is 5.91 Å². The molecule has 1 atom stereocenters. The molecule has 0 aliphatic carbocycles. The molecule has 0 fully saturated rings. The highest BCUT2D eigenvalue weighted by molar-refractivity contribution is 8.55.